The van der Waals surface area contributed by atoms with Crippen LogP contribution < -0.4 is 14.8 Å². The fourth-order valence-electron chi connectivity index (χ4n) is 2.78. The van der Waals surface area contributed by atoms with Gasteiger partial charge in [-0.05, 0) is 38.0 Å². The summed E-state index contributed by atoms with van der Waals surface area (Å²) in [6.45, 7) is 2.46. The van der Waals surface area contributed by atoms with E-state index in [9.17, 15) is 4.79 Å². The molecule has 21 heavy (non-hydrogen) atoms. The van der Waals surface area contributed by atoms with Gasteiger partial charge in [-0.3, -0.25) is 4.79 Å². The Hall–Kier alpha value is -1.71. The van der Waals surface area contributed by atoms with E-state index in [-0.39, 0.29) is 5.91 Å². The van der Waals surface area contributed by atoms with E-state index in [4.69, 9.17) is 9.47 Å². The molecule has 0 aromatic heterocycles. The highest BCUT2D eigenvalue weighted by Gasteiger charge is 2.17. The van der Waals surface area contributed by atoms with Crippen LogP contribution in [0.5, 0.6) is 11.5 Å². The lowest BCUT2D eigenvalue weighted by molar-refractivity contribution is 0.0933. The third-order valence-electron chi connectivity index (χ3n) is 3.92. The first-order valence-corrected chi connectivity index (χ1v) is 7.86. The van der Waals surface area contributed by atoms with Gasteiger partial charge in [-0.15, -0.1) is 0 Å². The monoisotopic (exact) mass is 291 g/mol. The highest BCUT2D eigenvalue weighted by atomic mass is 16.5. The number of carbonyl (C=O) groups is 1. The zero-order valence-corrected chi connectivity index (χ0v) is 13.0. The van der Waals surface area contributed by atoms with E-state index in [1.165, 1.54) is 25.7 Å². The SMILES string of the molecule is CCOc1cc(C(=O)NC2CCCCCC2)ccc1OC. The van der Waals surface area contributed by atoms with Crippen LogP contribution in [-0.2, 0) is 0 Å². The van der Waals surface area contributed by atoms with Crippen LogP contribution in [0.3, 0.4) is 0 Å². The van der Waals surface area contributed by atoms with Crippen molar-refractivity contribution in [3.63, 3.8) is 0 Å². The molecule has 1 aromatic rings. The lowest BCUT2D eigenvalue weighted by Crippen LogP contribution is -2.34. The Labute approximate surface area is 126 Å². The molecule has 1 fully saturated rings. The van der Waals surface area contributed by atoms with Crippen LogP contribution in [0, 0.1) is 0 Å². The van der Waals surface area contributed by atoms with E-state index in [1.54, 1.807) is 25.3 Å². The van der Waals surface area contributed by atoms with E-state index in [1.807, 2.05) is 6.92 Å². The third-order valence-corrected chi connectivity index (χ3v) is 3.92. The van der Waals surface area contributed by atoms with Gasteiger partial charge in [-0.2, -0.15) is 0 Å². The molecule has 116 valence electrons. The van der Waals surface area contributed by atoms with Crippen LogP contribution in [0.4, 0.5) is 0 Å². The summed E-state index contributed by atoms with van der Waals surface area (Å²) in [6, 6.07) is 5.63. The quantitative estimate of drug-likeness (QED) is 0.844. The predicted molar refractivity (Wildman–Crippen MR) is 83.1 cm³/mol. The molecule has 0 aliphatic heterocycles. The first kappa shape index (κ1) is 15.7. The van der Waals surface area contributed by atoms with Crippen LogP contribution in [0.1, 0.15) is 55.8 Å². The molecule has 0 saturated heterocycles. The standard InChI is InChI=1S/C17H25NO3/c1-3-21-16-12-13(10-11-15(16)20-2)17(19)18-14-8-6-4-5-7-9-14/h10-12,14H,3-9H2,1-2H3,(H,18,19). The number of hydrogen-bond acceptors (Lipinski definition) is 3. The average molecular weight is 291 g/mol. The fraction of sp³-hybridized carbons (Fsp3) is 0.588. The van der Waals surface area contributed by atoms with E-state index in [2.05, 4.69) is 5.32 Å². The van der Waals surface area contributed by atoms with Gasteiger partial charge in [0.25, 0.3) is 5.91 Å². The Kier molecular flexibility index (Phi) is 5.90. The van der Waals surface area contributed by atoms with Crippen molar-refractivity contribution in [3.8, 4) is 11.5 Å². The second-order valence-electron chi connectivity index (χ2n) is 5.46. The Morgan fingerprint density at radius 1 is 1.19 bits per heavy atom. The van der Waals surface area contributed by atoms with Crippen LogP contribution >= 0.6 is 0 Å². The molecule has 0 radical (unpaired) electrons. The number of ether oxygens (including phenoxy) is 2. The van der Waals surface area contributed by atoms with Crippen molar-refractivity contribution in [2.45, 2.75) is 51.5 Å². The summed E-state index contributed by atoms with van der Waals surface area (Å²) in [4.78, 5) is 12.4. The smallest absolute Gasteiger partial charge is 0.251 e. The molecule has 1 N–H and O–H groups in total. The van der Waals surface area contributed by atoms with Gasteiger partial charge in [0.1, 0.15) is 0 Å². The minimum atomic E-state index is -0.0227. The second kappa shape index (κ2) is 7.91. The van der Waals surface area contributed by atoms with Crippen LogP contribution in [-0.4, -0.2) is 25.7 Å². The Bertz CT molecular complexity index is 465. The number of amides is 1. The van der Waals surface area contributed by atoms with Crippen molar-refractivity contribution in [3.05, 3.63) is 23.8 Å². The zero-order chi connectivity index (χ0) is 15.1. The molecule has 1 aliphatic carbocycles. The number of nitrogens with one attached hydrogen (secondary N) is 1. The highest BCUT2D eigenvalue weighted by Crippen LogP contribution is 2.28. The molecule has 2 rings (SSSR count). The summed E-state index contributed by atoms with van der Waals surface area (Å²) in [5.74, 6) is 1.25. The summed E-state index contributed by atoms with van der Waals surface area (Å²) in [6.07, 6.45) is 7.14. The predicted octanol–water partition coefficient (Wildman–Crippen LogP) is 3.55. The van der Waals surface area contributed by atoms with Crippen LogP contribution in [0.25, 0.3) is 0 Å². The lowest BCUT2D eigenvalue weighted by atomic mass is 10.1. The molecule has 4 nitrogen and oxygen atoms in total. The largest absolute Gasteiger partial charge is 0.493 e. The van der Waals surface area contributed by atoms with Crippen LogP contribution in [0.2, 0.25) is 0 Å². The maximum atomic E-state index is 12.4. The first-order chi connectivity index (χ1) is 10.2. The normalized spacial score (nSPS) is 16.1. The molecule has 1 aliphatic rings. The van der Waals surface area contributed by atoms with Crippen molar-refractivity contribution in [2.24, 2.45) is 0 Å². The summed E-state index contributed by atoms with van der Waals surface area (Å²) in [5.41, 5.74) is 0.628. The number of benzene rings is 1. The lowest BCUT2D eigenvalue weighted by Gasteiger charge is -2.17. The van der Waals surface area contributed by atoms with Gasteiger partial charge in [0.15, 0.2) is 11.5 Å². The van der Waals surface area contributed by atoms with Gasteiger partial charge in [-0.1, -0.05) is 25.7 Å². The first-order valence-electron chi connectivity index (χ1n) is 7.86. The second-order valence-corrected chi connectivity index (χ2v) is 5.46. The molecule has 0 unspecified atom stereocenters. The molecule has 0 heterocycles. The minimum Gasteiger partial charge on any atom is -0.493 e. The van der Waals surface area contributed by atoms with E-state index in [0.29, 0.717) is 29.7 Å². The molecule has 0 spiro atoms. The molecule has 1 amide bonds. The number of rotatable bonds is 5. The van der Waals surface area contributed by atoms with Crippen molar-refractivity contribution in [1.29, 1.82) is 0 Å². The van der Waals surface area contributed by atoms with Crippen molar-refractivity contribution in [1.82, 2.24) is 5.32 Å². The molecular formula is C17H25NO3. The maximum absolute atomic E-state index is 12.4. The minimum absolute atomic E-state index is 0.0227. The van der Waals surface area contributed by atoms with Gasteiger partial charge in [0, 0.05) is 11.6 Å². The van der Waals surface area contributed by atoms with E-state index >= 15 is 0 Å². The third kappa shape index (κ3) is 4.38. The Balaban J connectivity index is 2.05. The van der Waals surface area contributed by atoms with Gasteiger partial charge in [-0.25, -0.2) is 0 Å². The van der Waals surface area contributed by atoms with E-state index in [0.717, 1.165) is 12.8 Å². The summed E-state index contributed by atoms with van der Waals surface area (Å²) < 4.78 is 10.8. The molecule has 4 heteroatoms. The van der Waals surface area contributed by atoms with E-state index < -0.39 is 0 Å². The molecule has 0 atom stereocenters. The molecule has 1 saturated carbocycles. The average Bonchev–Trinajstić information content (AvgIpc) is 2.76. The molecular weight excluding hydrogens is 266 g/mol. The summed E-state index contributed by atoms with van der Waals surface area (Å²) in [7, 11) is 1.60. The van der Waals surface area contributed by atoms with Crippen molar-refractivity contribution in [2.75, 3.05) is 13.7 Å². The topological polar surface area (TPSA) is 47.6 Å². The van der Waals surface area contributed by atoms with Crippen molar-refractivity contribution < 1.29 is 14.3 Å². The molecule has 1 aromatic carbocycles. The Morgan fingerprint density at radius 2 is 1.90 bits per heavy atom. The number of hydrogen-bond donors (Lipinski definition) is 1. The summed E-state index contributed by atoms with van der Waals surface area (Å²) >= 11 is 0. The van der Waals surface area contributed by atoms with Gasteiger partial charge >= 0.3 is 0 Å². The Morgan fingerprint density at radius 3 is 2.52 bits per heavy atom. The number of methoxy groups -OCH3 is 1. The van der Waals surface area contributed by atoms with Crippen LogP contribution in [0.15, 0.2) is 18.2 Å². The highest BCUT2D eigenvalue weighted by molar-refractivity contribution is 5.95. The maximum Gasteiger partial charge on any atom is 0.251 e. The van der Waals surface area contributed by atoms with Gasteiger partial charge < -0.3 is 14.8 Å². The van der Waals surface area contributed by atoms with Gasteiger partial charge in [0.05, 0.1) is 13.7 Å². The molecule has 0 bridgehead atoms. The summed E-state index contributed by atoms with van der Waals surface area (Å²) in [5, 5.41) is 3.15. The fourth-order valence-corrected chi connectivity index (χ4v) is 2.78. The zero-order valence-electron chi connectivity index (χ0n) is 13.0. The van der Waals surface area contributed by atoms with Gasteiger partial charge in [0.2, 0.25) is 0 Å². The number of carbonyl (C=O) groups excluding carboxylic acids is 1. The van der Waals surface area contributed by atoms with Crippen molar-refractivity contribution >= 4 is 5.91 Å².